The van der Waals surface area contributed by atoms with E-state index in [4.69, 9.17) is 0 Å². The van der Waals surface area contributed by atoms with Gasteiger partial charge in [-0.25, -0.2) is 0 Å². The number of hydrogen-bond donors (Lipinski definition) is 0. The van der Waals surface area contributed by atoms with Crippen molar-refractivity contribution in [1.82, 2.24) is 0 Å². The van der Waals surface area contributed by atoms with Crippen LogP contribution in [0.25, 0.3) is 0 Å². The van der Waals surface area contributed by atoms with E-state index in [1.54, 1.807) is 0 Å². The maximum Gasteiger partial charge on any atom is 0.0574 e. The molecular weight excluding hydrogens is 146 g/mol. The summed E-state index contributed by atoms with van der Waals surface area (Å²) < 4.78 is 0. The number of aliphatic imine (C=N–C) groups is 1. The monoisotopic (exact) mass is 159 g/mol. The Balaban J connectivity index is 2.44. The number of dihydropyridines is 1. The molecule has 2 aliphatic rings. The quantitative estimate of drug-likeness (QED) is 0.515. The molecule has 2 unspecified atom stereocenters. The molecule has 0 radical (unpaired) electrons. The highest BCUT2D eigenvalue weighted by Gasteiger charge is 2.22. The topological polar surface area (TPSA) is 12.4 Å². The van der Waals surface area contributed by atoms with Crippen molar-refractivity contribution in [2.45, 2.75) is 19.9 Å². The molecule has 0 saturated carbocycles. The molecule has 2 rings (SSSR count). The molecule has 0 saturated heterocycles. The minimum absolute atomic E-state index is 0.407. The summed E-state index contributed by atoms with van der Waals surface area (Å²) in [5.41, 5.74) is 2.73. The van der Waals surface area contributed by atoms with E-state index in [1.165, 1.54) is 11.1 Å². The molecule has 1 aliphatic heterocycles. The van der Waals surface area contributed by atoms with Gasteiger partial charge in [-0.3, -0.25) is 4.99 Å². The van der Waals surface area contributed by atoms with Crippen molar-refractivity contribution in [1.29, 1.82) is 0 Å². The predicted molar refractivity (Wildman–Crippen MR) is 52.4 cm³/mol. The van der Waals surface area contributed by atoms with E-state index in [0.717, 1.165) is 0 Å². The molecular formula is C11H13N. The summed E-state index contributed by atoms with van der Waals surface area (Å²) >= 11 is 0. The first-order valence-corrected chi connectivity index (χ1v) is 4.38. The summed E-state index contributed by atoms with van der Waals surface area (Å²) in [7, 11) is 0. The highest BCUT2D eigenvalue weighted by Crippen LogP contribution is 2.29. The lowest BCUT2D eigenvalue weighted by Gasteiger charge is -2.25. The highest BCUT2D eigenvalue weighted by molar-refractivity contribution is 5.81. The van der Waals surface area contributed by atoms with Gasteiger partial charge in [-0.05, 0) is 25.0 Å². The number of hydrogen-bond acceptors (Lipinski definition) is 1. The molecule has 62 valence electrons. The van der Waals surface area contributed by atoms with E-state index < -0.39 is 0 Å². The zero-order chi connectivity index (χ0) is 8.55. The predicted octanol–water partition coefficient (Wildman–Crippen LogP) is 2.52. The SMILES string of the molecule is CC1=C2C=CC=CC2C(C)N=C1. The van der Waals surface area contributed by atoms with E-state index >= 15 is 0 Å². The highest BCUT2D eigenvalue weighted by atomic mass is 14.8. The Morgan fingerprint density at radius 1 is 1.33 bits per heavy atom. The molecule has 1 aliphatic carbocycles. The van der Waals surface area contributed by atoms with Gasteiger partial charge in [0.05, 0.1) is 6.04 Å². The Labute approximate surface area is 73.2 Å². The number of fused-ring (bicyclic) bond motifs is 1. The summed E-state index contributed by atoms with van der Waals surface area (Å²) in [4.78, 5) is 4.43. The molecule has 2 atom stereocenters. The van der Waals surface area contributed by atoms with Crippen LogP contribution in [0.15, 0.2) is 40.4 Å². The number of nitrogens with zero attached hydrogens (tertiary/aromatic N) is 1. The summed E-state index contributed by atoms with van der Waals surface area (Å²) in [6.45, 7) is 4.29. The zero-order valence-electron chi connectivity index (χ0n) is 7.49. The molecule has 1 heteroatoms. The lowest BCUT2D eigenvalue weighted by atomic mass is 9.84. The van der Waals surface area contributed by atoms with Crippen LogP contribution >= 0.6 is 0 Å². The van der Waals surface area contributed by atoms with Gasteiger partial charge in [-0.15, -0.1) is 0 Å². The number of rotatable bonds is 0. The van der Waals surface area contributed by atoms with E-state index in [-0.39, 0.29) is 0 Å². The minimum Gasteiger partial charge on any atom is -0.289 e. The van der Waals surface area contributed by atoms with Gasteiger partial charge in [0, 0.05) is 12.1 Å². The smallest absolute Gasteiger partial charge is 0.0574 e. The van der Waals surface area contributed by atoms with Gasteiger partial charge < -0.3 is 0 Å². The summed E-state index contributed by atoms with van der Waals surface area (Å²) in [6.07, 6.45) is 10.6. The molecule has 0 spiro atoms. The van der Waals surface area contributed by atoms with Crippen molar-refractivity contribution in [3.8, 4) is 0 Å². The Bertz CT molecular complexity index is 305. The van der Waals surface area contributed by atoms with Gasteiger partial charge >= 0.3 is 0 Å². The second-order valence-corrected chi connectivity index (χ2v) is 3.43. The normalized spacial score (nSPS) is 32.5. The van der Waals surface area contributed by atoms with Crippen molar-refractivity contribution in [2.75, 3.05) is 0 Å². The lowest BCUT2D eigenvalue weighted by molar-refractivity contribution is 0.606. The van der Waals surface area contributed by atoms with Crippen LogP contribution in [0.3, 0.4) is 0 Å². The summed E-state index contributed by atoms with van der Waals surface area (Å²) in [5.74, 6) is 0.514. The van der Waals surface area contributed by atoms with Crippen LogP contribution < -0.4 is 0 Å². The third-order valence-electron chi connectivity index (χ3n) is 2.54. The van der Waals surface area contributed by atoms with E-state index in [0.29, 0.717) is 12.0 Å². The summed E-state index contributed by atoms with van der Waals surface area (Å²) in [6, 6.07) is 0.407. The van der Waals surface area contributed by atoms with Crippen LogP contribution in [0.2, 0.25) is 0 Å². The first-order valence-electron chi connectivity index (χ1n) is 4.38. The molecule has 0 N–H and O–H groups in total. The standard InChI is InChI=1S/C11H13N/c1-8-7-12-9(2)11-6-4-3-5-10(8)11/h3-7,9,11H,1-2H3. The number of allylic oxidation sites excluding steroid dienone is 4. The Kier molecular flexibility index (Phi) is 1.72. The molecule has 0 aromatic carbocycles. The minimum atomic E-state index is 0.407. The summed E-state index contributed by atoms with van der Waals surface area (Å²) in [5, 5.41) is 0. The van der Waals surface area contributed by atoms with Crippen molar-refractivity contribution in [2.24, 2.45) is 10.9 Å². The molecule has 0 aromatic rings. The second-order valence-electron chi connectivity index (χ2n) is 3.43. The van der Waals surface area contributed by atoms with Crippen molar-refractivity contribution < 1.29 is 0 Å². The molecule has 0 amide bonds. The van der Waals surface area contributed by atoms with Crippen LogP contribution in [0, 0.1) is 5.92 Å². The van der Waals surface area contributed by atoms with E-state index in [9.17, 15) is 0 Å². The average Bonchev–Trinajstić information content (AvgIpc) is 2.12. The van der Waals surface area contributed by atoms with Gasteiger partial charge in [0.2, 0.25) is 0 Å². The fourth-order valence-electron chi connectivity index (χ4n) is 1.77. The largest absolute Gasteiger partial charge is 0.289 e. The molecule has 1 nitrogen and oxygen atoms in total. The van der Waals surface area contributed by atoms with E-state index in [1.807, 2.05) is 6.21 Å². The molecule has 12 heavy (non-hydrogen) atoms. The first kappa shape index (κ1) is 7.53. The van der Waals surface area contributed by atoms with Crippen LogP contribution in [0.1, 0.15) is 13.8 Å². The maximum atomic E-state index is 4.43. The Morgan fingerprint density at radius 2 is 2.17 bits per heavy atom. The Hall–Kier alpha value is -1.11. The average molecular weight is 159 g/mol. The fourth-order valence-corrected chi connectivity index (χ4v) is 1.77. The zero-order valence-corrected chi connectivity index (χ0v) is 7.49. The van der Waals surface area contributed by atoms with Gasteiger partial charge in [0.1, 0.15) is 0 Å². The second kappa shape index (κ2) is 2.74. The van der Waals surface area contributed by atoms with Crippen LogP contribution in [0.4, 0.5) is 0 Å². The van der Waals surface area contributed by atoms with Crippen molar-refractivity contribution in [3.63, 3.8) is 0 Å². The maximum absolute atomic E-state index is 4.43. The van der Waals surface area contributed by atoms with Crippen molar-refractivity contribution >= 4 is 6.21 Å². The van der Waals surface area contributed by atoms with E-state index in [2.05, 4.69) is 43.1 Å². The first-order chi connectivity index (χ1) is 5.79. The third kappa shape index (κ3) is 1.06. The van der Waals surface area contributed by atoms with Crippen LogP contribution in [-0.2, 0) is 0 Å². The third-order valence-corrected chi connectivity index (χ3v) is 2.54. The van der Waals surface area contributed by atoms with Gasteiger partial charge in [-0.1, -0.05) is 24.3 Å². The molecule has 0 bridgehead atoms. The van der Waals surface area contributed by atoms with Crippen molar-refractivity contribution in [3.05, 3.63) is 35.5 Å². The van der Waals surface area contributed by atoms with Gasteiger partial charge in [0.15, 0.2) is 0 Å². The van der Waals surface area contributed by atoms with Crippen LogP contribution in [-0.4, -0.2) is 12.3 Å². The molecule has 1 heterocycles. The Morgan fingerprint density at radius 3 is 2.92 bits per heavy atom. The lowest BCUT2D eigenvalue weighted by Crippen LogP contribution is -2.21. The molecule has 0 aromatic heterocycles. The van der Waals surface area contributed by atoms with Gasteiger partial charge in [0.25, 0.3) is 0 Å². The fraction of sp³-hybridized carbons (Fsp3) is 0.364. The molecule has 0 fully saturated rings. The van der Waals surface area contributed by atoms with Crippen LogP contribution in [0.5, 0.6) is 0 Å². The van der Waals surface area contributed by atoms with Gasteiger partial charge in [-0.2, -0.15) is 0 Å².